The molecule has 0 aromatic heterocycles. The monoisotopic (exact) mass is 468 g/mol. The molecule has 4 atom stereocenters. The van der Waals surface area contributed by atoms with Crippen molar-refractivity contribution >= 4 is 45.2 Å². The van der Waals surface area contributed by atoms with Crippen molar-refractivity contribution in [3.05, 3.63) is 23.3 Å². The highest BCUT2D eigenvalue weighted by atomic mass is 16.5. The van der Waals surface area contributed by atoms with Crippen LogP contribution in [-0.2, 0) is 20.2 Å². The number of ether oxygens (including phenoxy) is 3. The Bertz CT molecular complexity index is 958. The number of piperidine rings is 1. The molecule has 6 nitrogen and oxygen atoms in total. The third-order valence-corrected chi connectivity index (χ3v) is 7.51. The first-order valence-corrected chi connectivity index (χ1v) is 12.1. The molecule has 10 radical (unpaired) electrons. The van der Waals surface area contributed by atoms with Gasteiger partial charge in [0, 0.05) is 17.9 Å². The first-order valence-electron chi connectivity index (χ1n) is 12.1. The molecule has 1 aromatic rings. The van der Waals surface area contributed by atoms with Gasteiger partial charge in [-0.2, -0.15) is 0 Å². The lowest BCUT2D eigenvalue weighted by atomic mass is 9.28. The summed E-state index contributed by atoms with van der Waals surface area (Å²) in [6.45, 7) is 8.27. The van der Waals surface area contributed by atoms with Gasteiger partial charge in [-0.3, -0.25) is 4.79 Å². The Morgan fingerprint density at radius 2 is 1.60 bits per heavy atom. The van der Waals surface area contributed by atoms with Crippen molar-refractivity contribution in [3.8, 4) is 11.5 Å². The van der Waals surface area contributed by atoms with E-state index in [4.69, 9.17) is 59.2 Å². The van der Waals surface area contributed by atoms with Gasteiger partial charge in [0.05, 0.1) is 45.6 Å². The molecule has 178 valence electrons. The van der Waals surface area contributed by atoms with E-state index in [1.807, 2.05) is 13.8 Å². The Morgan fingerprint density at radius 3 is 2.09 bits per heavy atom. The number of nitrogens with two attached hydrogens (primary N) is 1. The highest BCUT2D eigenvalue weighted by molar-refractivity contribution is 6.55. The molecule has 0 saturated carbocycles. The van der Waals surface area contributed by atoms with E-state index in [1.54, 1.807) is 17.0 Å². The number of rotatable bonds is 7. The molecule has 2 heterocycles. The molecule has 0 bridgehead atoms. The smallest absolute Gasteiger partial charge is 0.323 e. The highest BCUT2D eigenvalue weighted by Gasteiger charge is 2.58. The fourth-order valence-electron chi connectivity index (χ4n) is 5.32. The summed E-state index contributed by atoms with van der Waals surface area (Å²) in [5.74, 6) is 0.543. The normalized spacial score (nSPS) is 28.1. The third-order valence-electron chi connectivity index (χ3n) is 7.51. The molecule has 1 fully saturated rings. The second-order valence-electron chi connectivity index (χ2n) is 10.8. The van der Waals surface area contributed by atoms with Crippen LogP contribution in [0.4, 0.5) is 0 Å². The molecule has 3 rings (SSSR count). The maximum absolute atomic E-state index is 12.9. The van der Waals surface area contributed by atoms with Crippen LogP contribution >= 0.6 is 0 Å². The van der Waals surface area contributed by atoms with E-state index in [0.717, 1.165) is 6.42 Å². The zero-order valence-corrected chi connectivity index (χ0v) is 21.7. The van der Waals surface area contributed by atoms with Crippen LogP contribution in [0.5, 0.6) is 11.5 Å². The SMILES string of the molecule is [B]C12CC(OC(=O)[C@@H](N)C(C)C)C(CC(C)C)CN1C([B])([B])C([B])([B])c1cc(OC)c(OC)cc12. The summed E-state index contributed by atoms with van der Waals surface area (Å²) >= 11 is 0. The van der Waals surface area contributed by atoms with Gasteiger partial charge < -0.3 is 24.8 Å². The minimum Gasteiger partial charge on any atom is -0.493 e. The number of benzene rings is 1. The van der Waals surface area contributed by atoms with Gasteiger partial charge in [-0.25, -0.2) is 0 Å². The second kappa shape index (κ2) is 9.77. The van der Waals surface area contributed by atoms with Gasteiger partial charge in [-0.05, 0) is 42.4 Å². The maximum atomic E-state index is 12.9. The molecular weight excluding hydrogens is 434 g/mol. The fraction of sp³-hybridized carbons (Fsp3) is 0.708. The van der Waals surface area contributed by atoms with Crippen LogP contribution in [0, 0.1) is 17.8 Å². The zero-order valence-electron chi connectivity index (χ0n) is 21.7. The fourth-order valence-corrected chi connectivity index (χ4v) is 5.32. The van der Waals surface area contributed by atoms with E-state index in [9.17, 15) is 4.79 Å². The van der Waals surface area contributed by atoms with Crippen molar-refractivity contribution in [1.29, 1.82) is 0 Å². The van der Waals surface area contributed by atoms with Gasteiger partial charge in [0.15, 0.2) is 11.5 Å². The van der Waals surface area contributed by atoms with Crippen molar-refractivity contribution in [2.45, 2.75) is 68.7 Å². The predicted molar refractivity (Wildman–Crippen MR) is 141 cm³/mol. The molecule has 11 heteroatoms. The molecule has 0 aliphatic carbocycles. The van der Waals surface area contributed by atoms with Crippen molar-refractivity contribution in [2.75, 3.05) is 20.8 Å². The van der Waals surface area contributed by atoms with E-state index in [0.29, 0.717) is 35.1 Å². The van der Waals surface area contributed by atoms with E-state index in [-0.39, 0.29) is 18.3 Å². The Hall–Kier alpha value is -1.47. The summed E-state index contributed by atoms with van der Waals surface area (Å²) in [6, 6.07) is 2.66. The van der Waals surface area contributed by atoms with E-state index in [1.165, 1.54) is 14.2 Å². The topological polar surface area (TPSA) is 74.0 Å². The van der Waals surface area contributed by atoms with Crippen molar-refractivity contribution in [1.82, 2.24) is 4.90 Å². The summed E-state index contributed by atoms with van der Waals surface area (Å²) in [5.41, 5.74) is 5.87. The predicted octanol–water partition coefficient (Wildman–Crippen LogP) is 0.782. The number of fused-ring (bicyclic) bond motifs is 3. The van der Waals surface area contributed by atoms with Gasteiger partial charge in [0.2, 0.25) is 0 Å². The average molecular weight is 468 g/mol. The number of carbonyl (C=O) groups is 1. The molecule has 3 unspecified atom stereocenters. The Balaban J connectivity index is 2.16. The molecule has 1 aromatic carbocycles. The van der Waals surface area contributed by atoms with Crippen LogP contribution in [-0.4, -0.2) is 88.3 Å². The third kappa shape index (κ3) is 4.68. The Kier molecular flexibility index (Phi) is 7.85. The minimum atomic E-state index is -1.72. The van der Waals surface area contributed by atoms with Crippen LogP contribution in [0.3, 0.4) is 0 Å². The highest BCUT2D eigenvalue weighted by Crippen LogP contribution is 2.54. The second-order valence-corrected chi connectivity index (χ2v) is 10.8. The number of carbonyl (C=O) groups excluding carboxylic acids is 1. The molecule has 1 saturated heterocycles. The van der Waals surface area contributed by atoms with Gasteiger partial charge >= 0.3 is 5.97 Å². The van der Waals surface area contributed by atoms with Gasteiger partial charge in [-0.1, -0.05) is 43.8 Å². The lowest BCUT2D eigenvalue weighted by molar-refractivity contribution is -0.163. The molecular formula is C24H33B5N2O4. The quantitative estimate of drug-likeness (QED) is 0.472. The van der Waals surface area contributed by atoms with Crippen LogP contribution in [0.2, 0.25) is 0 Å². The lowest BCUT2D eigenvalue weighted by Crippen LogP contribution is -2.76. The van der Waals surface area contributed by atoms with E-state index < -0.39 is 34.1 Å². The standard InChI is InChI=1S/C24H33B5N2O4/c1-12(2)7-14-11-31-22(25,10-19(14)35-21(32)20(30)13(3)4)15-8-17(33-5)18(34-6)9-16(15)23(26,27)24(31,28)29/h8-9,12-14,19-20H,7,10-11,30H2,1-6H3/t14?,19?,20-,22?/m0/s1. The largest absolute Gasteiger partial charge is 0.493 e. The minimum absolute atomic E-state index is 0.0686. The lowest BCUT2D eigenvalue weighted by Gasteiger charge is -2.67. The number of hydrogen-bond acceptors (Lipinski definition) is 6. The van der Waals surface area contributed by atoms with Crippen LogP contribution in [0.1, 0.15) is 51.7 Å². The maximum Gasteiger partial charge on any atom is 0.323 e. The Labute approximate surface area is 216 Å². The van der Waals surface area contributed by atoms with Crippen molar-refractivity contribution in [2.24, 2.45) is 23.5 Å². The first-order chi connectivity index (χ1) is 16.1. The van der Waals surface area contributed by atoms with Gasteiger partial charge in [0.1, 0.15) is 20.0 Å². The average Bonchev–Trinajstić information content (AvgIpc) is 2.77. The molecule has 2 aliphatic heterocycles. The molecule has 0 amide bonds. The van der Waals surface area contributed by atoms with Crippen LogP contribution in [0.25, 0.3) is 0 Å². The summed E-state index contributed by atoms with van der Waals surface area (Å²) < 4.78 is 17.0. The van der Waals surface area contributed by atoms with Crippen LogP contribution in [0.15, 0.2) is 12.1 Å². The van der Waals surface area contributed by atoms with Gasteiger partial charge in [-0.15, -0.1) is 0 Å². The number of esters is 1. The molecule has 35 heavy (non-hydrogen) atoms. The Morgan fingerprint density at radius 1 is 1.06 bits per heavy atom. The zero-order chi connectivity index (χ0) is 26.5. The molecule has 2 aliphatic rings. The van der Waals surface area contributed by atoms with E-state index >= 15 is 0 Å². The number of hydrogen-bond donors (Lipinski definition) is 1. The van der Waals surface area contributed by atoms with Crippen molar-refractivity contribution < 1.29 is 19.0 Å². The van der Waals surface area contributed by atoms with Crippen molar-refractivity contribution in [3.63, 3.8) is 0 Å². The number of nitrogens with zero attached hydrogens (tertiary/aromatic N) is 1. The summed E-state index contributed by atoms with van der Waals surface area (Å²) in [5, 5.41) is -3.39. The van der Waals surface area contributed by atoms with Gasteiger partial charge in [0.25, 0.3) is 0 Å². The first kappa shape index (κ1) is 28.1. The molecule has 2 N–H and O–H groups in total. The van der Waals surface area contributed by atoms with E-state index in [2.05, 4.69) is 13.8 Å². The summed E-state index contributed by atoms with van der Waals surface area (Å²) in [7, 11) is 36.7. The summed E-state index contributed by atoms with van der Waals surface area (Å²) in [6.07, 6.45) is 0.449. The number of methoxy groups -OCH3 is 2. The summed E-state index contributed by atoms with van der Waals surface area (Å²) in [4.78, 5) is 14.6. The molecule has 0 spiro atoms. The van der Waals surface area contributed by atoms with Crippen LogP contribution < -0.4 is 15.2 Å².